The van der Waals surface area contributed by atoms with E-state index >= 15 is 0 Å². The fourth-order valence-corrected chi connectivity index (χ4v) is 4.01. The van der Waals surface area contributed by atoms with Crippen LogP contribution in [0.2, 0.25) is 0 Å². The first-order valence-corrected chi connectivity index (χ1v) is 7.79. The minimum Gasteiger partial charge on any atom is -0.328 e. The molecule has 2 fully saturated rings. The lowest BCUT2D eigenvalue weighted by molar-refractivity contribution is 0.0327. The third-order valence-corrected chi connectivity index (χ3v) is 4.90. The van der Waals surface area contributed by atoms with Crippen LogP contribution in [0.4, 0.5) is 0 Å². The van der Waals surface area contributed by atoms with Crippen LogP contribution in [0.25, 0.3) is 0 Å². The number of hydrogen-bond acceptors (Lipinski definition) is 2. The van der Waals surface area contributed by atoms with Gasteiger partial charge < -0.3 is 5.73 Å². The van der Waals surface area contributed by atoms with Gasteiger partial charge in [0.15, 0.2) is 0 Å². The summed E-state index contributed by atoms with van der Waals surface area (Å²) in [5.41, 5.74) is 9.04. The zero-order valence-electron chi connectivity index (χ0n) is 12.0. The maximum Gasteiger partial charge on any atom is 0.0113 e. The Bertz CT molecular complexity index is 415. The van der Waals surface area contributed by atoms with Gasteiger partial charge in [0.05, 0.1) is 0 Å². The first kappa shape index (κ1) is 13.1. The third kappa shape index (κ3) is 3.01. The Morgan fingerprint density at radius 3 is 2.63 bits per heavy atom. The van der Waals surface area contributed by atoms with Crippen LogP contribution >= 0.6 is 0 Å². The molecule has 2 bridgehead atoms. The van der Waals surface area contributed by atoms with Crippen molar-refractivity contribution in [3.05, 3.63) is 35.4 Å². The van der Waals surface area contributed by atoms with Crippen molar-refractivity contribution in [2.24, 2.45) is 5.73 Å². The Labute approximate surface area is 117 Å². The van der Waals surface area contributed by atoms with E-state index in [4.69, 9.17) is 5.73 Å². The van der Waals surface area contributed by atoms with E-state index in [1.165, 1.54) is 56.2 Å². The number of fused-ring (bicyclic) bond motifs is 2. The minimum atomic E-state index is 0.450. The van der Waals surface area contributed by atoms with Crippen LogP contribution in [-0.4, -0.2) is 29.6 Å². The normalized spacial score (nSPS) is 31.4. The van der Waals surface area contributed by atoms with Crippen molar-refractivity contribution in [2.45, 2.75) is 63.6 Å². The standard InChI is InChI=1S/C17H26N2/c1-13-4-2-5-14(10-13)8-9-19-16-6-3-7-17(19)12-15(18)11-16/h2,4-5,10,15-17H,3,6-9,11-12,18H2,1H3. The second-order valence-electron chi connectivity index (χ2n) is 6.45. The van der Waals surface area contributed by atoms with E-state index in [1.54, 1.807) is 0 Å². The van der Waals surface area contributed by atoms with Crippen LogP contribution in [0, 0.1) is 6.92 Å². The van der Waals surface area contributed by atoms with Gasteiger partial charge in [0.25, 0.3) is 0 Å². The summed E-state index contributed by atoms with van der Waals surface area (Å²) in [7, 11) is 0. The van der Waals surface area contributed by atoms with Crippen molar-refractivity contribution in [2.75, 3.05) is 6.54 Å². The molecule has 2 unspecified atom stereocenters. The van der Waals surface area contributed by atoms with Crippen LogP contribution in [0.15, 0.2) is 24.3 Å². The summed E-state index contributed by atoms with van der Waals surface area (Å²) in [5, 5.41) is 0. The molecule has 0 radical (unpaired) electrons. The van der Waals surface area contributed by atoms with Crippen molar-refractivity contribution < 1.29 is 0 Å². The summed E-state index contributed by atoms with van der Waals surface area (Å²) >= 11 is 0. The van der Waals surface area contributed by atoms with Gasteiger partial charge in [-0.1, -0.05) is 36.2 Å². The molecule has 104 valence electrons. The number of piperidine rings is 2. The highest BCUT2D eigenvalue weighted by molar-refractivity contribution is 5.22. The average Bonchev–Trinajstić information content (AvgIpc) is 2.36. The zero-order chi connectivity index (χ0) is 13.2. The predicted molar refractivity (Wildman–Crippen MR) is 80.2 cm³/mol. The monoisotopic (exact) mass is 258 g/mol. The van der Waals surface area contributed by atoms with E-state index in [9.17, 15) is 0 Å². The minimum absolute atomic E-state index is 0.450. The van der Waals surface area contributed by atoms with Crippen LogP contribution in [0.5, 0.6) is 0 Å². The Hall–Kier alpha value is -0.860. The maximum absolute atomic E-state index is 6.19. The van der Waals surface area contributed by atoms with Crippen LogP contribution in [-0.2, 0) is 6.42 Å². The van der Waals surface area contributed by atoms with Crippen LogP contribution < -0.4 is 5.73 Å². The molecule has 2 aliphatic rings. The fourth-order valence-electron chi connectivity index (χ4n) is 4.01. The Morgan fingerprint density at radius 2 is 1.95 bits per heavy atom. The summed E-state index contributed by atoms with van der Waals surface area (Å²) < 4.78 is 0. The van der Waals surface area contributed by atoms with Gasteiger partial charge in [-0.25, -0.2) is 0 Å². The lowest BCUT2D eigenvalue weighted by Gasteiger charge is -2.48. The molecule has 0 aromatic heterocycles. The molecule has 0 amide bonds. The Kier molecular flexibility index (Phi) is 3.90. The van der Waals surface area contributed by atoms with E-state index in [2.05, 4.69) is 36.1 Å². The highest BCUT2D eigenvalue weighted by Gasteiger charge is 2.36. The third-order valence-electron chi connectivity index (χ3n) is 4.90. The van der Waals surface area contributed by atoms with Gasteiger partial charge in [-0.15, -0.1) is 0 Å². The molecule has 2 saturated heterocycles. The molecular weight excluding hydrogens is 232 g/mol. The smallest absolute Gasteiger partial charge is 0.0113 e. The molecule has 2 heterocycles. The molecule has 0 saturated carbocycles. The van der Waals surface area contributed by atoms with Crippen molar-refractivity contribution in [3.8, 4) is 0 Å². The number of nitrogens with two attached hydrogens (primary N) is 1. The quantitative estimate of drug-likeness (QED) is 0.903. The number of nitrogens with zero attached hydrogens (tertiary/aromatic N) is 1. The topological polar surface area (TPSA) is 29.3 Å². The highest BCUT2D eigenvalue weighted by Crippen LogP contribution is 2.33. The first-order valence-electron chi connectivity index (χ1n) is 7.79. The molecule has 0 spiro atoms. The van der Waals surface area contributed by atoms with Crippen molar-refractivity contribution in [1.82, 2.24) is 4.90 Å². The van der Waals surface area contributed by atoms with Gasteiger partial charge in [-0.3, -0.25) is 4.90 Å². The fraction of sp³-hybridized carbons (Fsp3) is 0.647. The SMILES string of the molecule is Cc1cccc(CCN2C3CCCC2CC(N)C3)c1. The maximum atomic E-state index is 6.19. The lowest BCUT2D eigenvalue weighted by Crippen LogP contribution is -2.55. The number of benzene rings is 1. The summed E-state index contributed by atoms with van der Waals surface area (Å²) in [6, 6.07) is 10.9. The molecule has 1 aromatic rings. The molecule has 3 rings (SSSR count). The van der Waals surface area contributed by atoms with E-state index in [1.807, 2.05) is 0 Å². The summed E-state index contributed by atoms with van der Waals surface area (Å²) in [6.45, 7) is 3.39. The van der Waals surface area contributed by atoms with Gasteiger partial charge in [0, 0.05) is 24.7 Å². The van der Waals surface area contributed by atoms with Gasteiger partial charge in [0.1, 0.15) is 0 Å². The summed E-state index contributed by atoms with van der Waals surface area (Å²) in [5.74, 6) is 0. The Morgan fingerprint density at radius 1 is 1.21 bits per heavy atom. The number of rotatable bonds is 3. The van der Waals surface area contributed by atoms with E-state index < -0.39 is 0 Å². The van der Waals surface area contributed by atoms with E-state index in [0.29, 0.717) is 6.04 Å². The van der Waals surface area contributed by atoms with Gasteiger partial charge >= 0.3 is 0 Å². The Balaban J connectivity index is 1.63. The largest absolute Gasteiger partial charge is 0.328 e. The van der Waals surface area contributed by atoms with Gasteiger partial charge in [-0.2, -0.15) is 0 Å². The molecule has 2 atom stereocenters. The summed E-state index contributed by atoms with van der Waals surface area (Å²) in [6.07, 6.45) is 7.73. The first-order chi connectivity index (χ1) is 9.22. The molecule has 2 nitrogen and oxygen atoms in total. The zero-order valence-corrected chi connectivity index (χ0v) is 12.0. The molecule has 1 aromatic carbocycles. The summed E-state index contributed by atoms with van der Waals surface area (Å²) in [4.78, 5) is 2.76. The van der Waals surface area contributed by atoms with Crippen molar-refractivity contribution in [1.29, 1.82) is 0 Å². The highest BCUT2D eigenvalue weighted by atomic mass is 15.2. The van der Waals surface area contributed by atoms with Crippen molar-refractivity contribution >= 4 is 0 Å². The van der Waals surface area contributed by atoms with Crippen LogP contribution in [0.1, 0.15) is 43.2 Å². The second kappa shape index (κ2) is 5.64. The van der Waals surface area contributed by atoms with Gasteiger partial charge in [0.2, 0.25) is 0 Å². The lowest BCUT2D eigenvalue weighted by atomic mass is 9.82. The number of hydrogen-bond donors (Lipinski definition) is 1. The van der Waals surface area contributed by atoms with E-state index in [0.717, 1.165) is 12.1 Å². The molecule has 19 heavy (non-hydrogen) atoms. The van der Waals surface area contributed by atoms with E-state index in [-0.39, 0.29) is 0 Å². The van der Waals surface area contributed by atoms with Crippen molar-refractivity contribution in [3.63, 3.8) is 0 Å². The van der Waals surface area contributed by atoms with Gasteiger partial charge in [-0.05, 0) is 44.6 Å². The molecule has 2 heteroatoms. The predicted octanol–water partition coefficient (Wildman–Crippen LogP) is 2.88. The molecule has 2 aliphatic heterocycles. The van der Waals surface area contributed by atoms with Crippen LogP contribution in [0.3, 0.4) is 0 Å². The second-order valence-corrected chi connectivity index (χ2v) is 6.45. The number of aryl methyl sites for hydroxylation is 1. The average molecular weight is 258 g/mol. The molecule has 2 N–H and O–H groups in total. The molecule has 0 aliphatic carbocycles. The molecular formula is C17H26N2.